The first kappa shape index (κ1) is 15.5. The zero-order chi connectivity index (χ0) is 13.6. The molecule has 0 aliphatic heterocycles. The highest BCUT2D eigenvalue weighted by Gasteiger charge is 2.77. The van der Waals surface area contributed by atoms with Gasteiger partial charge in [-0.2, -0.15) is 13.2 Å². The van der Waals surface area contributed by atoms with Crippen LogP contribution in [0.2, 0.25) is 0 Å². The molecule has 98 valence electrons. The van der Waals surface area contributed by atoms with E-state index >= 15 is 0 Å². The molecule has 0 bridgehead atoms. The van der Waals surface area contributed by atoms with Crippen molar-refractivity contribution in [3.05, 3.63) is 0 Å². The Morgan fingerprint density at radius 3 is 1.25 bits per heavy atom. The van der Waals surface area contributed by atoms with Crippen LogP contribution in [0.4, 0.5) is 30.7 Å². The predicted octanol–water partition coefficient (Wildman–Crippen LogP) is 3.23. The summed E-state index contributed by atoms with van der Waals surface area (Å²) in [5, 5.41) is 8.66. The lowest BCUT2D eigenvalue weighted by Gasteiger charge is -2.42. The van der Waals surface area contributed by atoms with Crippen LogP contribution in [0.3, 0.4) is 0 Å². The molecule has 0 saturated carbocycles. The molecule has 0 amide bonds. The van der Waals surface area contributed by atoms with Crippen molar-refractivity contribution in [2.45, 2.75) is 44.9 Å². The molecule has 0 aromatic carbocycles. The van der Waals surface area contributed by atoms with E-state index in [0.29, 0.717) is 20.8 Å². The topological polar surface area (TPSA) is 20.2 Å². The lowest BCUT2D eigenvalue weighted by molar-refractivity contribution is -0.384. The molecule has 0 saturated heterocycles. The molecule has 0 aromatic heterocycles. The first-order valence-electron chi connectivity index (χ1n) is 4.14. The average molecular weight is 256 g/mol. The third-order valence-corrected chi connectivity index (χ3v) is 2.17. The zero-order valence-electron chi connectivity index (χ0n) is 8.67. The van der Waals surface area contributed by atoms with Crippen molar-refractivity contribution >= 4 is 0 Å². The van der Waals surface area contributed by atoms with Gasteiger partial charge in [-0.1, -0.05) is 20.8 Å². The van der Waals surface area contributed by atoms with Gasteiger partial charge in [-0.15, -0.1) is 0 Å². The van der Waals surface area contributed by atoms with Gasteiger partial charge in [0.2, 0.25) is 0 Å². The smallest absolute Gasteiger partial charge is 0.372 e. The van der Waals surface area contributed by atoms with Crippen molar-refractivity contribution in [2.75, 3.05) is 0 Å². The largest absolute Gasteiger partial charge is 0.429 e. The summed E-state index contributed by atoms with van der Waals surface area (Å²) in [6, 6.07) is 0. The minimum Gasteiger partial charge on any atom is -0.372 e. The molecule has 0 heterocycles. The summed E-state index contributed by atoms with van der Waals surface area (Å²) < 4.78 is 87.4. The highest BCUT2D eigenvalue weighted by Crippen LogP contribution is 2.53. The SMILES string of the molecule is CC(C)(C)C(F)(F)C(O)(C(F)F)C(F)(F)F. The number of aliphatic hydroxyl groups is 1. The molecule has 8 heteroatoms. The second-order valence-electron chi connectivity index (χ2n) is 4.39. The third kappa shape index (κ3) is 1.99. The van der Waals surface area contributed by atoms with E-state index in [0.717, 1.165) is 0 Å². The molecule has 0 aromatic rings. The second kappa shape index (κ2) is 3.75. The van der Waals surface area contributed by atoms with Gasteiger partial charge in [-0.05, 0) is 0 Å². The van der Waals surface area contributed by atoms with E-state index in [9.17, 15) is 30.7 Å². The van der Waals surface area contributed by atoms with Gasteiger partial charge in [-0.25, -0.2) is 17.6 Å². The van der Waals surface area contributed by atoms with E-state index in [1.807, 2.05) is 0 Å². The van der Waals surface area contributed by atoms with Gasteiger partial charge in [0.25, 0.3) is 17.9 Å². The summed E-state index contributed by atoms with van der Waals surface area (Å²) in [5.74, 6) is -5.02. The number of alkyl halides is 7. The molecule has 1 nitrogen and oxygen atoms in total. The van der Waals surface area contributed by atoms with Crippen LogP contribution in [0.25, 0.3) is 0 Å². The standard InChI is InChI=1S/C8H11F7O/c1-5(2,3)7(11,12)6(16,4(9)10)8(13,14)15/h4,16H,1-3H3. The maximum Gasteiger partial charge on any atom is 0.429 e. The highest BCUT2D eigenvalue weighted by molar-refractivity contribution is 5.06. The Morgan fingerprint density at radius 2 is 1.19 bits per heavy atom. The number of halogens is 7. The van der Waals surface area contributed by atoms with Crippen LogP contribution in [-0.2, 0) is 0 Å². The Morgan fingerprint density at radius 1 is 0.875 bits per heavy atom. The normalized spacial score (nSPS) is 18.8. The molecule has 0 aliphatic rings. The molecular formula is C8H11F7O. The fraction of sp³-hybridized carbons (Fsp3) is 1.00. The predicted molar refractivity (Wildman–Crippen MR) is 41.4 cm³/mol. The summed E-state index contributed by atoms with van der Waals surface area (Å²) in [6.07, 6.45) is -10.8. The minimum absolute atomic E-state index is 0.631. The fourth-order valence-corrected chi connectivity index (χ4v) is 1.01. The maximum absolute atomic E-state index is 13.3. The molecule has 0 rings (SSSR count). The van der Waals surface area contributed by atoms with Crippen LogP contribution < -0.4 is 0 Å². The van der Waals surface area contributed by atoms with Crippen LogP contribution >= 0.6 is 0 Å². The van der Waals surface area contributed by atoms with Crippen molar-refractivity contribution in [1.82, 2.24) is 0 Å². The van der Waals surface area contributed by atoms with Gasteiger partial charge in [0.05, 0.1) is 0 Å². The highest BCUT2D eigenvalue weighted by atomic mass is 19.4. The van der Waals surface area contributed by atoms with Gasteiger partial charge >= 0.3 is 6.18 Å². The number of rotatable bonds is 2. The number of hydrogen-bond donors (Lipinski definition) is 1. The maximum atomic E-state index is 13.3. The lowest BCUT2D eigenvalue weighted by atomic mass is 9.77. The molecular weight excluding hydrogens is 245 g/mol. The average Bonchev–Trinajstić information content (AvgIpc) is 1.97. The van der Waals surface area contributed by atoms with Gasteiger partial charge in [0.1, 0.15) is 0 Å². The summed E-state index contributed by atoms with van der Waals surface area (Å²) >= 11 is 0. The Hall–Kier alpha value is -0.530. The first-order valence-corrected chi connectivity index (χ1v) is 4.14. The van der Waals surface area contributed by atoms with Gasteiger partial charge in [0.15, 0.2) is 0 Å². The zero-order valence-corrected chi connectivity index (χ0v) is 8.67. The van der Waals surface area contributed by atoms with Crippen LogP contribution in [0.15, 0.2) is 0 Å². The summed E-state index contributed by atoms with van der Waals surface area (Å²) in [5.41, 5.74) is -7.81. The Bertz CT molecular complexity index is 252. The Labute approximate surface area is 87.2 Å². The molecule has 0 spiro atoms. The quantitative estimate of drug-likeness (QED) is 0.752. The molecule has 1 atom stereocenters. The Kier molecular flexibility index (Phi) is 3.62. The second-order valence-corrected chi connectivity index (χ2v) is 4.39. The summed E-state index contributed by atoms with van der Waals surface area (Å²) in [4.78, 5) is 0. The van der Waals surface area contributed by atoms with E-state index in [1.165, 1.54) is 0 Å². The fourth-order valence-electron chi connectivity index (χ4n) is 1.01. The van der Waals surface area contributed by atoms with Crippen LogP contribution in [0.5, 0.6) is 0 Å². The lowest BCUT2D eigenvalue weighted by Crippen LogP contribution is -2.67. The molecule has 1 N–H and O–H groups in total. The van der Waals surface area contributed by atoms with E-state index in [2.05, 4.69) is 0 Å². The van der Waals surface area contributed by atoms with Gasteiger partial charge < -0.3 is 5.11 Å². The van der Waals surface area contributed by atoms with Crippen molar-refractivity contribution in [1.29, 1.82) is 0 Å². The van der Waals surface area contributed by atoms with Crippen molar-refractivity contribution in [3.63, 3.8) is 0 Å². The molecule has 0 radical (unpaired) electrons. The van der Waals surface area contributed by atoms with Gasteiger partial charge in [-0.3, -0.25) is 0 Å². The van der Waals surface area contributed by atoms with E-state index in [1.54, 1.807) is 0 Å². The first-order chi connectivity index (χ1) is 6.69. The van der Waals surface area contributed by atoms with Crippen molar-refractivity contribution < 1.29 is 35.8 Å². The van der Waals surface area contributed by atoms with E-state index < -0.39 is 29.5 Å². The van der Waals surface area contributed by atoms with E-state index in [-0.39, 0.29) is 0 Å². The van der Waals surface area contributed by atoms with Crippen LogP contribution in [0, 0.1) is 5.41 Å². The molecule has 0 fully saturated rings. The minimum atomic E-state index is -6.13. The Balaban J connectivity index is 5.75. The van der Waals surface area contributed by atoms with Crippen molar-refractivity contribution in [2.24, 2.45) is 5.41 Å². The third-order valence-electron chi connectivity index (χ3n) is 2.17. The summed E-state index contributed by atoms with van der Waals surface area (Å²) in [6.45, 7) is 1.89. The molecule has 0 aliphatic carbocycles. The summed E-state index contributed by atoms with van der Waals surface area (Å²) in [7, 11) is 0. The molecule has 1 unspecified atom stereocenters. The van der Waals surface area contributed by atoms with Crippen LogP contribution in [0.1, 0.15) is 20.8 Å². The van der Waals surface area contributed by atoms with E-state index in [4.69, 9.17) is 5.11 Å². The number of hydrogen-bond acceptors (Lipinski definition) is 1. The van der Waals surface area contributed by atoms with Crippen LogP contribution in [-0.4, -0.2) is 29.2 Å². The van der Waals surface area contributed by atoms with Gasteiger partial charge in [0, 0.05) is 5.41 Å². The molecule has 16 heavy (non-hydrogen) atoms. The monoisotopic (exact) mass is 256 g/mol. The van der Waals surface area contributed by atoms with Crippen molar-refractivity contribution in [3.8, 4) is 0 Å².